The van der Waals surface area contributed by atoms with Gasteiger partial charge >= 0.3 is 0 Å². The van der Waals surface area contributed by atoms with Gasteiger partial charge in [-0.2, -0.15) is 0 Å². The standard InChI is InChI=1S/C24H24FN3O2/c25-19-10-12-20(13-11-19)26-24(30)23(18-6-2-1-3-7-18)28-16-14-27(15-17-28)21-8-4-5-9-22(21)29/h1-13,23,29H,14-17H2,(H,26,30)/p+1/t23-/m1/s1. The fourth-order valence-corrected chi connectivity index (χ4v) is 4.02. The Balaban J connectivity index is 1.51. The lowest BCUT2D eigenvalue weighted by Crippen LogP contribution is -3.16. The average Bonchev–Trinajstić information content (AvgIpc) is 2.77. The van der Waals surface area contributed by atoms with Crippen molar-refractivity contribution in [2.24, 2.45) is 0 Å². The van der Waals surface area contributed by atoms with Gasteiger partial charge in [-0.05, 0) is 36.4 Å². The summed E-state index contributed by atoms with van der Waals surface area (Å²) in [6, 6.07) is 22.5. The maximum atomic E-state index is 13.2. The van der Waals surface area contributed by atoms with Crippen LogP contribution in [0.5, 0.6) is 5.75 Å². The highest BCUT2D eigenvalue weighted by Gasteiger charge is 2.34. The fraction of sp³-hybridized carbons (Fsp3) is 0.208. The molecule has 1 aliphatic rings. The Morgan fingerprint density at radius 3 is 2.23 bits per heavy atom. The van der Waals surface area contributed by atoms with Crippen LogP contribution in [0.25, 0.3) is 0 Å². The molecule has 1 amide bonds. The monoisotopic (exact) mass is 406 g/mol. The van der Waals surface area contributed by atoms with Gasteiger partial charge in [0.05, 0.1) is 31.9 Å². The van der Waals surface area contributed by atoms with Crippen LogP contribution in [-0.2, 0) is 4.79 Å². The van der Waals surface area contributed by atoms with Crippen molar-refractivity contribution in [2.45, 2.75) is 6.04 Å². The first-order valence-electron chi connectivity index (χ1n) is 10.1. The van der Waals surface area contributed by atoms with Gasteiger partial charge in [0.2, 0.25) is 0 Å². The maximum absolute atomic E-state index is 13.2. The molecule has 3 aromatic carbocycles. The third kappa shape index (κ3) is 4.44. The van der Waals surface area contributed by atoms with E-state index in [9.17, 15) is 14.3 Å². The molecule has 0 aromatic heterocycles. The summed E-state index contributed by atoms with van der Waals surface area (Å²) in [7, 11) is 0. The average molecular weight is 406 g/mol. The van der Waals surface area contributed by atoms with Crippen LogP contribution >= 0.6 is 0 Å². The number of amides is 1. The molecule has 154 valence electrons. The van der Waals surface area contributed by atoms with Crippen molar-refractivity contribution in [3.63, 3.8) is 0 Å². The molecule has 1 heterocycles. The van der Waals surface area contributed by atoms with Gasteiger partial charge < -0.3 is 20.2 Å². The minimum absolute atomic E-state index is 0.112. The van der Waals surface area contributed by atoms with Gasteiger partial charge in [-0.3, -0.25) is 4.79 Å². The first-order chi connectivity index (χ1) is 14.6. The maximum Gasteiger partial charge on any atom is 0.287 e. The van der Waals surface area contributed by atoms with E-state index < -0.39 is 0 Å². The van der Waals surface area contributed by atoms with Crippen molar-refractivity contribution < 1.29 is 19.2 Å². The summed E-state index contributed by atoms with van der Waals surface area (Å²) in [5, 5.41) is 13.1. The Kier molecular flexibility index (Phi) is 5.95. The number of aromatic hydroxyl groups is 1. The van der Waals surface area contributed by atoms with E-state index in [0.29, 0.717) is 5.69 Å². The molecular weight excluding hydrogens is 381 g/mol. The van der Waals surface area contributed by atoms with E-state index in [1.807, 2.05) is 48.5 Å². The first kappa shape index (κ1) is 19.9. The molecule has 5 nitrogen and oxygen atoms in total. The van der Waals surface area contributed by atoms with Gasteiger partial charge in [-0.1, -0.05) is 42.5 Å². The van der Waals surface area contributed by atoms with Gasteiger partial charge in [0.25, 0.3) is 5.91 Å². The zero-order valence-corrected chi connectivity index (χ0v) is 16.6. The Morgan fingerprint density at radius 1 is 0.933 bits per heavy atom. The molecule has 0 aliphatic carbocycles. The molecule has 4 rings (SSSR count). The number of para-hydroxylation sites is 2. The van der Waals surface area contributed by atoms with E-state index in [4.69, 9.17) is 0 Å². The van der Waals surface area contributed by atoms with Crippen LogP contribution in [0.4, 0.5) is 15.8 Å². The van der Waals surface area contributed by atoms with Crippen molar-refractivity contribution in [2.75, 3.05) is 36.4 Å². The Labute approximate surface area is 175 Å². The number of phenolic OH excluding ortho intramolecular Hbond substituents is 1. The number of hydrogen-bond acceptors (Lipinski definition) is 3. The molecule has 30 heavy (non-hydrogen) atoms. The molecule has 0 radical (unpaired) electrons. The van der Waals surface area contributed by atoms with Crippen LogP contribution in [0, 0.1) is 5.82 Å². The van der Waals surface area contributed by atoms with Crippen molar-refractivity contribution in [3.05, 3.63) is 90.2 Å². The second kappa shape index (κ2) is 8.97. The molecule has 1 saturated heterocycles. The van der Waals surface area contributed by atoms with E-state index in [1.54, 1.807) is 18.2 Å². The fourth-order valence-electron chi connectivity index (χ4n) is 4.02. The molecule has 1 fully saturated rings. The number of nitrogens with one attached hydrogen (secondary N) is 2. The zero-order chi connectivity index (χ0) is 20.9. The van der Waals surface area contributed by atoms with Crippen molar-refractivity contribution in [1.82, 2.24) is 0 Å². The lowest BCUT2D eigenvalue weighted by Gasteiger charge is -2.37. The quantitative estimate of drug-likeness (QED) is 0.611. The predicted octanol–water partition coefficient (Wildman–Crippen LogP) is 2.62. The van der Waals surface area contributed by atoms with Gasteiger partial charge in [0, 0.05) is 11.3 Å². The van der Waals surface area contributed by atoms with Gasteiger partial charge in [-0.25, -0.2) is 4.39 Å². The number of quaternary nitrogens is 1. The number of carbonyl (C=O) groups excluding carboxylic acids is 1. The minimum atomic E-state index is -0.372. The molecule has 3 N–H and O–H groups in total. The second-order valence-electron chi connectivity index (χ2n) is 7.47. The van der Waals surface area contributed by atoms with E-state index in [2.05, 4.69) is 10.2 Å². The topological polar surface area (TPSA) is 57.0 Å². The van der Waals surface area contributed by atoms with Crippen LogP contribution in [0.1, 0.15) is 11.6 Å². The molecule has 0 unspecified atom stereocenters. The predicted molar refractivity (Wildman–Crippen MR) is 115 cm³/mol. The highest BCUT2D eigenvalue weighted by atomic mass is 19.1. The van der Waals surface area contributed by atoms with Crippen LogP contribution in [-0.4, -0.2) is 37.2 Å². The molecule has 0 saturated carbocycles. The van der Waals surface area contributed by atoms with Crippen molar-refractivity contribution >= 4 is 17.3 Å². The number of rotatable bonds is 5. The molecule has 1 aliphatic heterocycles. The number of piperazine rings is 1. The number of nitrogens with zero attached hydrogens (tertiary/aromatic N) is 1. The third-order valence-corrected chi connectivity index (χ3v) is 5.54. The summed E-state index contributed by atoms with van der Waals surface area (Å²) in [6.45, 7) is 2.98. The van der Waals surface area contributed by atoms with Crippen LogP contribution in [0.3, 0.4) is 0 Å². The summed E-state index contributed by atoms with van der Waals surface area (Å²) >= 11 is 0. The normalized spacial score (nSPS) is 15.6. The number of benzene rings is 3. The van der Waals surface area contributed by atoms with E-state index >= 15 is 0 Å². The number of halogens is 1. The summed E-state index contributed by atoms with van der Waals surface area (Å²) in [6.07, 6.45) is 0. The minimum Gasteiger partial charge on any atom is -0.506 e. The molecular formula is C24H25FN3O2+. The summed E-state index contributed by atoms with van der Waals surface area (Å²) < 4.78 is 13.2. The molecule has 3 aromatic rings. The van der Waals surface area contributed by atoms with E-state index in [0.717, 1.165) is 42.3 Å². The molecule has 0 bridgehead atoms. The lowest BCUT2D eigenvalue weighted by atomic mass is 10.0. The van der Waals surface area contributed by atoms with Crippen LogP contribution < -0.4 is 15.1 Å². The Bertz CT molecular complexity index is 987. The zero-order valence-electron chi connectivity index (χ0n) is 16.6. The third-order valence-electron chi connectivity index (χ3n) is 5.54. The summed E-state index contributed by atoms with van der Waals surface area (Å²) in [5.41, 5.74) is 2.35. The van der Waals surface area contributed by atoms with Crippen molar-refractivity contribution in [1.29, 1.82) is 0 Å². The van der Waals surface area contributed by atoms with Crippen LogP contribution in [0.15, 0.2) is 78.9 Å². The van der Waals surface area contributed by atoms with Crippen LogP contribution in [0.2, 0.25) is 0 Å². The summed E-state index contributed by atoms with van der Waals surface area (Å²) in [4.78, 5) is 16.5. The summed E-state index contributed by atoms with van der Waals surface area (Å²) in [5.74, 6) is -0.174. The highest BCUT2D eigenvalue weighted by molar-refractivity contribution is 5.94. The first-order valence-corrected chi connectivity index (χ1v) is 10.1. The number of anilines is 2. The number of hydrogen-bond donors (Lipinski definition) is 3. The van der Waals surface area contributed by atoms with E-state index in [1.165, 1.54) is 12.1 Å². The van der Waals surface area contributed by atoms with Gasteiger partial charge in [0.15, 0.2) is 6.04 Å². The van der Waals surface area contributed by atoms with E-state index in [-0.39, 0.29) is 23.5 Å². The number of phenols is 1. The Hall–Kier alpha value is -3.38. The lowest BCUT2D eigenvalue weighted by molar-refractivity contribution is -0.922. The highest BCUT2D eigenvalue weighted by Crippen LogP contribution is 2.26. The Morgan fingerprint density at radius 2 is 1.57 bits per heavy atom. The van der Waals surface area contributed by atoms with Gasteiger partial charge in [-0.15, -0.1) is 0 Å². The smallest absolute Gasteiger partial charge is 0.287 e. The van der Waals surface area contributed by atoms with Gasteiger partial charge in [0.1, 0.15) is 11.6 Å². The largest absolute Gasteiger partial charge is 0.506 e. The SMILES string of the molecule is O=C(Nc1ccc(F)cc1)[C@@H](c1ccccc1)[NH+]1CCN(c2ccccc2O)CC1. The second-order valence-corrected chi connectivity index (χ2v) is 7.47. The number of carbonyl (C=O) groups is 1. The molecule has 1 atom stereocenters. The molecule has 6 heteroatoms. The van der Waals surface area contributed by atoms with Crippen molar-refractivity contribution in [3.8, 4) is 5.75 Å². The molecule has 0 spiro atoms.